The van der Waals surface area contributed by atoms with Gasteiger partial charge in [-0.3, -0.25) is 9.78 Å². The summed E-state index contributed by atoms with van der Waals surface area (Å²) in [6, 6.07) is 12.8. The number of hydrogen-bond acceptors (Lipinski definition) is 5. The van der Waals surface area contributed by atoms with Gasteiger partial charge in [0.25, 0.3) is 5.91 Å². The molecule has 3 rings (SSSR count). The van der Waals surface area contributed by atoms with Crippen LogP contribution in [0.3, 0.4) is 0 Å². The average Bonchev–Trinajstić information content (AvgIpc) is 2.61. The smallest absolute Gasteiger partial charge is 0.272 e. The van der Waals surface area contributed by atoms with Crippen molar-refractivity contribution in [1.82, 2.24) is 20.5 Å². The summed E-state index contributed by atoms with van der Waals surface area (Å²) in [4.78, 5) is 16.0. The fraction of sp³-hybridized carbons (Fsp3) is 0.0588. The normalized spacial score (nSPS) is 10.2. The van der Waals surface area contributed by atoms with Crippen LogP contribution in [0.2, 0.25) is 0 Å². The van der Waals surface area contributed by atoms with E-state index >= 15 is 0 Å². The largest absolute Gasteiger partial charge is 0.347 e. The summed E-state index contributed by atoms with van der Waals surface area (Å²) in [5.41, 5.74) is 1.64. The summed E-state index contributed by atoms with van der Waals surface area (Å²) in [6.07, 6.45) is 3.35. The number of carbonyl (C=O) groups is 1. The minimum Gasteiger partial charge on any atom is -0.347 e. The molecule has 1 amide bonds. The van der Waals surface area contributed by atoms with Gasteiger partial charge in [-0.1, -0.05) is 12.1 Å². The van der Waals surface area contributed by atoms with E-state index in [1.807, 2.05) is 6.07 Å². The SMILES string of the molecule is O=C(NCc1cccnc1)c1ccc(Nc2cccc(F)c2)nn1. The van der Waals surface area contributed by atoms with E-state index in [0.717, 1.165) is 5.56 Å². The van der Waals surface area contributed by atoms with Crippen LogP contribution < -0.4 is 10.6 Å². The van der Waals surface area contributed by atoms with Gasteiger partial charge in [0, 0.05) is 24.6 Å². The Bertz CT molecular complexity index is 824. The van der Waals surface area contributed by atoms with Gasteiger partial charge in [-0.05, 0) is 42.0 Å². The molecular formula is C17H14FN5O. The Balaban J connectivity index is 1.60. The molecule has 6 nitrogen and oxygen atoms in total. The van der Waals surface area contributed by atoms with Crippen molar-refractivity contribution in [3.8, 4) is 0 Å². The lowest BCUT2D eigenvalue weighted by molar-refractivity contribution is 0.0945. The molecule has 0 atom stereocenters. The number of rotatable bonds is 5. The quantitative estimate of drug-likeness (QED) is 0.754. The maximum absolute atomic E-state index is 13.1. The molecule has 7 heteroatoms. The third-order valence-corrected chi connectivity index (χ3v) is 3.17. The second-order valence-electron chi connectivity index (χ2n) is 4.98. The van der Waals surface area contributed by atoms with Crippen LogP contribution in [0.15, 0.2) is 60.9 Å². The molecule has 0 spiro atoms. The average molecular weight is 323 g/mol. The molecule has 0 radical (unpaired) electrons. The van der Waals surface area contributed by atoms with Crippen LogP contribution >= 0.6 is 0 Å². The lowest BCUT2D eigenvalue weighted by atomic mass is 10.3. The lowest BCUT2D eigenvalue weighted by Gasteiger charge is -2.06. The Morgan fingerprint density at radius 3 is 2.71 bits per heavy atom. The summed E-state index contributed by atoms with van der Waals surface area (Å²) < 4.78 is 13.1. The number of benzene rings is 1. The highest BCUT2D eigenvalue weighted by molar-refractivity contribution is 5.92. The minimum absolute atomic E-state index is 0.198. The summed E-state index contributed by atoms with van der Waals surface area (Å²) in [5.74, 6) is -0.257. The van der Waals surface area contributed by atoms with E-state index in [1.165, 1.54) is 12.1 Å². The molecule has 24 heavy (non-hydrogen) atoms. The zero-order valence-corrected chi connectivity index (χ0v) is 12.6. The zero-order chi connectivity index (χ0) is 16.8. The summed E-state index contributed by atoms with van der Waals surface area (Å²) in [7, 11) is 0. The number of amides is 1. The molecule has 2 heterocycles. The van der Waals surface area contributed by atoms with Gasteiger partial charge in [-0.15, -0.1) is 10.2 Å². The fourth-order valence-electron chi connectivity index (χ4n) is 2.01. The van der Waals surface area contributed by atoms with E-state index in [1.54, 1.807) is 42.7 Å². The number of aromatic nitrogens is 3. The summed E-state index contributed by atoms with van der Waals surface area (Å²) in [5, 5.41) is 13.5. The number of pyridine rings is 1. The van der Waals surface area contributed by atoms with Crippen molar-refractivity contribution in [3.63, 3.8) is 0 Å². The van der Waals surface area contributed by atoms with Crippen LogP contribution in [0.1, 0.15) is 16.1 Å². The second-order valence-corrected chi connectivity index (χ2v) is 4.98. The van der Waals surface area contributed by atoms with Crippen molar-refractivity contribution in [2.24, 2.45) is 0 Å². The monoisotopic (exact) mass is 323 g/mol. The third-order valence-electron chi connectivity index (χ3n) is 3.17. The highest BCUT2D eigenvalue weighted by Crippen LogP contribution is 2.14. The standard InChI is InChI=1S/C17H14FN5O/c18-13-4-1-5-14(9-13)21-16-7-6-15(22-23-16)17(24)20-11-12-3-2-8-19-10-12/h1-10H,11H2,(H,20,24)(H,21,23). The number of carbonyl (C=O) groups excluding carboxylic acids is 1. The van der Waals surface area contributed by atoms with Crippen molar-refractivity contribution in [2.75, 3.05) is 5.32 Å². The van der Waals surface area contributed by atoms with E-state index in [0.29, 0.717) is 18.1 Å². The van der Waals surface area contributed by atoms with Crippen LogP contribution in [-0.2, 0) is 6.54 Å². The molecule has 0 aliphatic carbocycles. The van der Waals surface area contributed by atoms with Gasteiger partial charge < -0.3 is 10.6 Å². The number of nitrogens with zero attached hydrogens (tertiary/aromatic N) is 3. The molecule has 0 aliphatic heterocycles. The molecule has 0 fully saturated rings. The molecule has 2 aromatic heterocycles. The van der Waals surface area contributed by atoms with Gasteiger partial charge in [0.1, 0.15) is 5.82 Å². The highest BCUT2D eigenvalue weighted by atomic mass is 19.1. The molecule has 3 aromatic rings. The molecule has 0 unspecified atom stereocenters. The zero-order valence-electron chi connectivity index (χ0n) is 12.6. The van der Waals surface area contributed by atoms with E-state index in [-0.39, 0.29) is 17.4 Å². The number of nitrogens with one attached hydrogen (secondary N) is 2. The molecular weight excluding hydrogens is 309 g/mol. The van der Waals surface area contributed by atoms with Gasteiger partial charge in [-0.25, -0.2) is 4.39 Å². The Morgan fingerprint density at radius 1 is 1.08 bits per heavy atom. The van der Waals surface area contributed by atoms with Gasteiger partial charge in [0.2, 0.25) is 0 Å². The maximum Gasteiger partial charge on any atom is 0.272 e. The fourth-order valence-corrected chi connectivity index (χ4v) is 2.01. The molecule has 2 N–H and O–H groups in total. The van der Waals surface area contributed by atoms with Crippen LogP contribution in [0, 0.1) is 5.82 Å². The van der Waals surface area contributed by atoms with Crippen LogP contribution in [0.5, 0.6) is 0 Å². The lowest BCUT2D eigenvalue weighted by Crippen LogP contribution is -2.24. The first kappa shape index (κ1) is 15.5. The molecule has 120 valence electrons. The highest BCUT2D eigenvalue weighted by Gasteiger charge is 2.08. The Morgan fingerprint density at radius 2 is 2.00 bits per heavy atom. The third kappa shape index (κ3) is 4.10. The van der Waals surface area contributed by atoms with Crippen LogP contribution in [0.4, 0.5) is 15.9 Å². The van der Waals surface area contributed by atoms with Crippen molar-refractivity contribution in [1.29, 1.82) is 0 Å². The number of anilines is 2. The molecule has 0 saturated carbocycles. The minimum atomic E-state index is -0.348. The van der Waals surface area contributed by atoms with Gasteiger partial charge in [-0.2, -0.15) is 0 Å². The summed E-state index contributed by atoms with van der Waals surface area (Å²) in [6.45, 7) is 0.359. The maximum atomic E-state index is 13.1. The molecule has 0 bridgehead atoms. The predicted molar refractivity (Wildman–Crippen MR) is 87.1 cm³/mol. The number of hydrogen-bond donors (Lipinski definition) is 2. The Hall–Kier alpha value is -3.35. The van der Waals surface area contributed by atoms with E-state index in [4.69, 9.17) is 0 Å². The first-order chi connectivity index (χ1) is 11.7. The van der Waals surface area contributed by atoms with Crippen molar-refractivity contribution < 1.29 is 9.18 Å². The predicted octanol–water partition coefficient (Wildman–Crippen LogP) is 2.68. The van der Waals surface area contributed by atoms with Gasteiger partial charge >= 0.3 is 0 Å². The first-order valence-electron chi connectivity index (χ1n) is 7.24. The molecule has 0 aliphatic rings. The topological polar surface area (TPSA) is 79.8 Å². The van der Waals surface area contributed by atoms with Crippen molar-refractivity contribution >= 4 is 17.4 Å². The molecule has 0 saturated heterocycles. The molecule has 1 aromatic carbocycles. The van der Waals surface area contributed by atoms with Crippen molar-refractivity contribution in [2.45, 2.75) is 6.54 Å². The number of halogens is 1. The first-order valence-corrected chi connectivity index (χ1v) is 7.24. The van der Waals surface area contributed by atoms with Crippen molar-refractivity contribution in [3.05, 3.63) is 78.0 Å². The Kier molecular flexibility index (Phi) is 4.71. The van der Waals surface area contributed by atoms with E-state index in [2.05, 4.69) is 25.8 Å². The summed E-state index contributed by atoms with van der Waals surface area (Å²) >= 11 is 0. The Labute approximate surface area is 137 Å². The van der Waals surface area contributed by atoms with Crippen LogP contribution in [0.25, 0.3) is 0 Å². The van der Waals surface area contributed by atoms with Gasteiger partial charge in [0.05, 0.1) is 0 Å². The van der Waals surface area contributed by atoms with Crippen LogP contribution in [-0.4, -0.2) is 21.1 Å². The van der Waals surface area contributed by atoms with E-state index in [9.17, 15) is 9.18 Å². The van der Waals surface area contributed by atoms with Gasteiger partial charge in [0.15, 0.2) is 11.5 Å². The second kappa shape index (κ2) is 7.28. The van der Waals surface area contributed by atoms with E-state index < -0.39 is 0 Å².